The first-order chi connectivity index (χ1) is 11.1. The molecule has 23 heavy (non-hydrogen) atoms. The molecule has 0 spiro atoms. The Balaban J connectivity index is 2.00. The normalized spacial score (nSPS) is 28.4. The van der Waals surface area contributed by atoms with Crippen LogP contribution in [0.1, 0.15) is 6.23 Å². The van der Waals surface area contributed by atoms with Crippen molar-refractivity contribution in [2.75, 3.05) is 19.5 Å². The molecule has 0 bridgehead atoms. The smallest absolute Gasteiger partial charge is 0.394 e. The Hall–Kier alpha value is -1.75. The van der Waals surface area contributed by atoms with Gasteiger partial charge in [-0.15, -0.1) is 9.42 Å². The lowest BCUT2D eigenvalue weighted by Crippen LogP contribution is -2.35. The van der Waals surface area contributed by atoms with Crippen LogP contribution in [0.2, 0.25) is 0 Å². The fourth-order valence-corrected chi connectivity index (χ4v) is 3.08. The molecule has 0 amide bonds. The van der Waals surface area contributed by atoms with Gasteiger partial charge in [0.2, 0.25) is 0 Å². The molecule has 5 atom stereocenters. The van der Waals surface area contributed by atoms with Gasteiger partial charge in [0.05, 0.1) is 12.9 Å². The molecule has 1 saturated heterocycles. The Morgan fingerprint density at radius 3 is 2.87 bits per heavy atom. The van der Waals surface area contributed by atoms with E-state index in [1.807, 2.05) is 0 Å². The van der Waals surface area contributed by atoms with Crippen LogP contribution in [-0.2, 0) is 18.6 Å². The molecular formula is C11H15N5O6P+. The van der Waals surface area contributed by atoms with E-state index in [0.717, 1.165) is 0 Å². The first-order valence-electron chi connectivity index (χ1n) is 6.61. The van der Waals surface area contributed by atoms with E-state index in [-0.39, 0.29) is 5.82 Å². The lowest BCUT2D eigenvalue weighted by atomic mass is 10.1. The summed E-state index contributed by atoms with van der Waals surface area (Å²) in [5.41, 5.74) is 6.55. The van der Waals surface area contributed by atoms with E-state index < -0.39 is 39.4 Å². The molecule has 3 rings (SSSR count). The molecule has 2 aromatic heterocycles. The van der Waals surface area contributed by atoms with Gasteiger partial charge in [0.1, 0.15) is 24.1 Å². The van der Waals surface area contributed by atoms with Crippen LogP contribution in [0, 0.1) is 0 Å². The maximum atomic E-state index is 11.0. The van der Waals surface area contributed by atoms with Crippen molar-refractivity contribution in [2.45, 2.75) is 24.5 Å². The van der Waals surface area contributed by atoms with Gasteiger partial charge in [0.25, 0.3) is 0 Å². The molecule has 0 saturated carbocycles. The standard InChI is InChI=1S/C11H14N5O6P/c1-20-8-7(22-23(18)19)5(2-17)21-11(8)16-4-15-6-9(12)13-3-14-10(6)16/h3-5,7-8,11,17H,2H2,1H3,(H2-,12,13,14,18,19)/p+1. The van der Waals surface area contributed by atoms with Crippen molar-refractivity contribution >= 4 is 25.2 Å². The number of fused-ring (bicyclic) bond motifs is 1. The van der Waals surface area contributed by atoms with Gasteiger partial charge in [-0.25, -0.2) is 15.0 Å². The number of nitrogens with zero attached hydrogens (tertiary/aromatic N) is 4. The number of nitrogen functional groups attached to an aromatic ring is 1. The largest absolute Gasteiger partial charge is 0.695 e. The average Bonchev–Trinajstić information content (AvgIpc) is 3.08. The van der Waals surface area contributed by atoms with Gasteiger partial charge in [-0.2, -0.15) is 0 Å². The van der Waals surface area contributed by atoms with Crippen LogP contribution in [0.5, 0.6) is 0 Å². The number of hydrogen-bond acceptors (Lipinski definition) is 9. The van der Waals surface area contributed by atoms with Crippen LogP contribution in [-0.4, -0.2) is 61.5 Å². The number of aliphatic hydroxyl groups excluding tert-OH is 1. The molecule has 3 heterocycles. The second kappa shape index (κ2) is 6.40. The van der Waals surface area contributed by atoms with Crippen molar-refractivity contribution in [1.82, 2.24) is 19.5 Å². The third-order valence-corrected chi connectivity index (χ3v) is 4.03. The van der Waals surface area contributed by atoms with Gasteiger partial charge < -0.3 is 20.3 Å². The van der Waals surface area contributed by atoms with Crippen molar-refractivity contribution in [1.29, 1.82) is 0 Å². The molecule has 0 aromatic carbocycles. The minimum absolute atomic E-state index is 0.214. The number of ether oxygens (including phenoxy) is 2. The van der Waals surface area contributed by atoms with Gasteiger partial charge in [-0.3, -0.25) is 4.57 Å². The highest BCUT2D eigenvalue weighted by Gasteiger charge is 2.51. The minimum atomic E-state index is -2.88. The summed E-state index contributed by atoms with van der Waals surface area (Å²) in [4.78, 5) is 21.1. The van der Waals surface area contributed by atoms with Crippen LogP contribution in [0.3, 0.4) is 0 Å². The summed E-state index contributed by atoms with van der Waals surface area (Å²) in [6, 6.07) is 0. The topological polar surface area (TPSA) is 155 Å². The Bertz CT molecular complexity index is 726. The summed E-state index contributed by atoms with van der Waals surface area (Å²) in [5, 5.41) is 9.43. The zero-order valence-corrected chi connectivity index (χ0v) is 12.9. The molecule has 1 aliphatic rings. The number of aromatic nitrogens is 4. The predicted molar refractivity (Wildman–Crippen MR) is 76.2 cm³/mol. The predicted octanol–water partition coefficient (Wildman–Crippen LogP) is -0.652. The number of aliphatic hydroxyl groups is 1. The second-order valence-electron chi connectivity index (χ2n) is 4.84. The Kier molecular flexibility index (Phi) is 4.48. The molecule has 5 unspecified atom stereocenters. The van der Waals surface area contributed by atoms with Gasteiger partial charge in [0.15, 0.2) is 23.8 Å². The van der Waals surface area contributed by atoms with E-state index in [2.05, 4.69) is 15.0 Å². The van der Waals surface area contributed by atoms with Crippen molar-refractivity contribution < 1.29 is 28.6 Å². The number of imidazole rings is 1. The lowest BCUT2D eigenvalue weighted by molar-refractivity contribution is -0.0583. The molecule has 4 N–H and O–H groups in total. The van der Waals surface area contributed by atoms with Crippen LogP contribution < -0.4 is 5.73 Å². The summed E-state index contributed by atoms with van der Waals surface area (Å²) in [5.74, 6) is 0.214. The zero-order chi connectivity index (χ0) is 16.6. The monoisotopic (exact) mass is 344 g/mol. The van der Waals surface area contributed by atoms with E-state index >= 15 is 0 Å². The Morgan fingerprint density at radius 2 is 2.22 bits per heavy atom. The number of anilines is 1. The highest BCUT2D eigenvalue weighted by Crippen LogP contribution is 2.38. The average molecular weight is 344 g/mol. The number of rotatable bonds is 5. The fraction of sp³-hybridized carbons (Fsp3) is 0.545. The highest BCUT2D eigenvalue weighted by atomic mass is 31.1. The lowest BCUT2D eigenvalue weighted by Gasteiger charge is -2.19. The van der Waals surface area contributed by atoms with Crippen LogP contribution in [0.25, 0.3) is 11.2 Å². The van der Waals surface area contributed by atoms with Crippen LogP contribution >= 0.6 is 8.25 Å². The number of nitrogens with two attached hydrogens (primary N) is 1. The molecule has 11 nitrogen and oxygen atoms in total. The van der Waals surface area contributed by atoms with Gasteiger partial charge in [-0.1, -0.05) is 0 Å². The van der Waals surface area contributed by atoms with E-state index in [0.29, 0.717) is 11.2 Å². The summed E-state index contributed by atoms with van der Waals surface area (Å²) < 4.78 is 28.6. The van der Waals surface area contributed by atoms with Gasteiger partial charge in [0, 0.05) is 11.7 Å². The maximum Gasteiger partial charge on any atom is 0.695 e. The van der Waals surface area contributed by atoms with E-state index in [4.69, 9.17) is 24.6 Å². The minimum Gasteiger partial charge on any atom is -0.394 e. The molecule has 1 fully saturated rings. The molecule has 2 aromatic rings. The highest BCUT2D eigenvalue weighted by molar-refractivity contribution is 7.32. The Morgan fingerprint density at radius 1 is 1.43 bits per heavy atom. The Labute approximate surface area is 131 Å². The first kappa shape index (κ1) is 16.1. The molecule has 0 aliphatic carbocycles. The SMILES string of the molecule is COC1C(O[P+](=O)O)C(CO)OC1n1cnc2c(N)ncnc21. The summed E-state index contributed by atoms with van der Waals surface area (Å²) in [7, 11) is -1.48. The van der Waals surface area contributed by atoms with Crippen molar-refractivity contribution in [3.8, 4) is 0 Å². The maximum absolute atomic E-state index is 11.0. The third kappa shape index (κ3) is 2.78. The zero-order valence-electron chi connectivity index (χ0n) is 12.0. The van der Waals surface area contributed by atoms with Crippen molar-refractivity contribution in [3.63, 3.8) is 0 Å². The quantitative estimate of drug-likeness (QED) is 0.596. The van der Waals surface area contributed by atoms with Crippen molar-refractivity contribution in [2.24, 2.45) is 0 Å². The summed E-state index contributed by atoms with van der Waals surface area (Å²) in [6.45, 7) is -0.409. The molecule has 124 valence electrons. The van der Waals surface area contributed by atoms with Gasteiger partial charge in [-0.05, 0) is 0 Å². The molecule has 12 heteroatoms. The number of hydrogen-bond donors (Lipinski definition) is 3. The first-order valence-corrected chi connectivity index (χ1v) is 7.75. The second-order valence-corrected chi connectivity index (χ2v) is 5.53. The van der Waals surface area contributed by atoms with Crippen LogP contribution in [0.4, 0.5) is 5.82 Å². The van der Waals surface area contributed by atoms with E-state index in [9.17, 15) is 9.67 Å². The molecule has 1 aliphatic heterocycles. The van der Waals surface area contributed by atoms with Gasteiger partial charge >= 0.3 is 8.25 Å². The fourth-order valence-electron chi connectivity index (χ4n) is 2.62. The third-order valence-electron chi connectivity index (χ3n) is 3.61. The number of methoxy groups -OCH3 is 1. The molecule has 0 radical (unpaired) electrons. The molecular weight excluding hydrogens is 329 g/mol. The van der Waals surface area contributed by atoms with E-state index in [1.54, 1.807) is 4.57 Å². The summed E-state index contributed by atoms with van der Waals surface area (Å²) in [6.07, 6.45) is -0.562. The van der Waals surface area contributed by atoms with Crippen molar-refractivity contribution in [3.05, 3.63) is 12.7 Å². The summed E-state index contributed by atoms with van der Waals surface area (Å²) >= 11 is 0. The van der Waals surface area contributed by atoms with Crippen LogP contribution in [0.15, 0.2) is 12.7 Å². The van der Waals surface area contributed by atoms with E-state index in [1.165, 1.54) is 19.8 Å².